The van der Waals surface area contributed by atoms with E-state index < -0.39 is 17.6 Å². The van der Waals surface area contributed by atoms with E-state index in [0.29, 0.717) is 32.4 Å². The standard InChI is InChI=1S/C27H32N2O5/c1-3-18(15-24(30)29-14-8-13-27(29,2)25(31)32)16-28-26(33)34-17-23-21-11-6-4-9-19(21)20-10-5-7-12-22(20)23/h4-7,9-12,18,23H,3,8,13-17H2,1-2H3,(H,28,33)(H,31,32)/t18?,27-/m0/s1. The van der Waals surface area contributed by atoms with Crippen LogP contribution in [0.3, 0.4) is 0 Å². The van der Waals surface area contributed by atoms with Crippen LogP contribution in [0.15, 0.2) is 48.5 Å². The normalized spacial score (nSPS) is 19.9. The number of likely N-dealkylation sites (tertiary alicyclic amines) is 1. The number of hydrogen-bond acceptors (Lipinski definition) is 4. The van der Waals surface area contributed by atoms with Crippen molar-refractivity contribution in [2.45, 2.75) is 51.0 Å². The van der Waals surface area contributed by atoms with Crippen LogP contribution in [-0.2, 0) is 14.3 Å². The molecule has 2 aliphatic rings. The Morgan fingerprint density at radius 3 is 2.32 bits per heavy atom. The monoisotopic (exact) mass is 464 g/mol. The van der Waals surface area contributed by atoms with E-state index in [1.165, 1.54) is 16.0 Å². The Morgan fingerprint density at radius 2 is 1.74 bits per heavy atom. The zero-order valence-electron chi connectivity index (χ0n) is 19.8. The number of carboxylic acid groups (broad SMARTS) is 1. The predicted octanol–water partition coefficient (Wildman–Crippen LogP) is 4.41. The Kier molecular flexibility index (Phi) is 6.91. The van der Waals surface area contributed by atoms with Crippen LogP contribution >= 0.6 is 0 Å². The second-order valence-corrected chi connectivity index (χ2v) is 9.41. The summed E-state index contributed by atoms with van der Waals surface area (Å²) in [5.74, 6) is -1.25. The van der Waals surface area contributed by atoms with Crippen molar-refractivity contribution in [2.24, 2.45) is 5.92 Å². The minimum absolute atomic E-state index is 0.00874. The number of nitrogens with one attached hydrogen (secondary N) is 1. The summed E-state index contributed by atoms with van der Waals surface area (Å²) in [6, 6.07) is 16.3. The topological polar surface area (TPSA) is 95.9 Å². The van der Waals surface area contributed by atoms with Gasteiger partial charge in [-0.15, -0.1) is 0 Å². The Morgan fingerprint density at radius 1 is 1.12 bits per heavy atom. The molecule has 7 nitrogen and oxygen atoms in total. The molecule has 2 atom stereocenters. The third-order valence-corrected chi connectivity index (χ3v) is 7.32. The number of carboxylic acids is 1. The third kappa shape index (κ3) is 4.52. The first kappa shape index (κ1) is 23.8. The number of amides is 2. The predicted molar refractivity (Wildman–Crippen MR) is 128 cm³/mol. The fourth-order valence-electron chi connectivity index (χ4n) is 5.18. The summed E-state index contributed by atoms with van der Waals surface area (Å²) < 4.78 is 5.58. The van der Waals surface area contributed by atoms with Crippen LogP contribution in [0.1, 0.15) is 56.6 Å². The van der Waals surface area contributed by atoms with Crippen molar-refractivity contribution in [3.63, 3.8) is 0 Å². The van der Waals surface area contributed by atoms with Crippen LogP contribution in [0.5, 0.6) is 0 Å². The van der Waals surface area contributed by atoms with E-state index in [0.717, 1.165) is 11.1 Å². The Bertz CT molecular complexity index is 1040. The van der Waals surface area contributed by atoms with Gasteiger partial charge in [-0.05, 0) is 47.9 Å². The van der Waals surface area contributed by atoms with Gasteiger partial charge in [0.1, 0.15) is 12.1 Å². The Hall–Kier alpha value is -3.35. The first-order valence-corrected chi connectivity index (χ1v) is 12.0. The molecule has 4 rings (SSSR count). The molecule has 1 aliphatic carbocycles. The van der Waals surface area contributed by atoms with E-state index in [4.69, 9.17) is 4.74 Å². The minimum Gasteiger partial charge on any atom is -0.480 e. The number of benzene rings is 2. The zero-order chi connectivity index (χ0) is 24.3. The fraction of sp³-hybridized carbons (Fsp3) is 0.444. The molecule has 2 amide bonds. The lowest BCUT2D eigenvalue weighted by molar-refractivity contribution is -0.155. The van der Waals surface area contributed by atoms with Crippen LogP contribution < -0.4 is 5.32 Å². The molecule has 1 fully saturated rings. The third-order valence-electron chi connectivity index (χ3n) is 7.32. The summed E-state index contributed by atoms with van der Waals surface area (Å²) in [6.07, 6.45) is 1.52. The summed E-state index contributed by atoms with van der Waals surface area (Å²) in [7, 11) is 0. The highest BCUT2D eigenvalue weighted by Crippen LogP contribution is 2.44. The molecular weight excluding hydrogens is 432 g/mol. The number of rotatable bonds is 8. The van der Waals surface area contributed by atoms with Gasteiger partial charge < -0.3 is 20.1 Å². The molecule has 7 heteroatoms. The molecule has 0 spiro atoms. The van der Waals surface area contributed by atoms with Crippen molar-refractivity contribution in [3.05, 3.63) is 59.7 Å². The quantitative estimate of drug-likeness (QED) is 0.603. The summed E-state index contributed by atoms with van der Waals surface area (Å²) in [5.41, 5.74) is 3.51. The van der Waals surface area contributed by atoms with Crippen LogP contribution in [-0.4, -0.2) is 53.2 Å². The number of alkyl carbamates (subject to hydrolysis) is 1. The summed E-state index contributed by atoms with van der Waals surface area (Å²) in [5, 5.41) is 12.4. The van der Waals surface area contributed by atoms with Gasteiger partial charge in [-0.1, -0.05) is 61.9 Å². The number of fused-ring (bicyclic) bond motifs is 3. The molecule has 34 heavy (non-hydrogen) atoms. The molecule has 2 N–H and O–H groups in total. The fourth-order valence-corrected chi connectivity index (χ4v) is 5.18. The highest BCUT2D eigenvalue weighted by atomic mass is 16.5. The largest absolute Gasteiger partial charge is 0.480 e. The number of hydrogen-bond donors (Lipinski definition) is 2. The maximum atomic E-state index is 12.8. The number of carbonyl (C=O) groups is 3. The molecule has 1 heterocycles. The lowest BCUT2D eigenvalue weighted by Gasteiger charge is -2.32. The first-order valence-electron chi connectivity index (χ1n) is 12.0. The SMILES string of the molecule is CCC(CNC(=O)OCC1c2ccccc2-c2ccccc21)CC(=O)N1CCC[C@@]1(C)C(=O)O. The maximum Gasteiger partial charge on any atom is 0.407 e. The second-order valence-electron chi connectivity index (χ2n) is 9.41. The zero-order valence-corrected chi connectivity index (χ0v) is 19.8. The molecular formula is C27H32N2O5. The van der Waals surface area contributed by atoms with Crippen molar-refractivity contribution in [1.82, 2.24) is 10.2 Å². The molecule has 2 aromatic carbocycles. The molecule has 2 aromatic rings. The highest BCUT2D eigenvalue weighted by Gasteiger charge is 2.45. The average Bonchev–Trinajstić information content (AvgIpc) is 3.39. The van der Waals surface area contributed by atoms with Crippen LogP contribution in [0, 0.1) is 5.92 Å². The summed E-state index contributed by atoms with van der Waals surface area (Å²) in [4.78, 5) is 38.5. The van der Waals surface area contributed by atoms with Gasteiger partial charge in [0.05, 0.1) is 0 Å². The van der Waals surface area contributed by atoms with E-state index in [-0.39, 0.29) is 30.8 Å². The van der Waals surface area contributed by atoms with E-state index >= 15 is 0 Å². The molecule has 180 valence electrons. The van der Waals surface area contributed by atoms with E-state index in [9.17, 15) is 19.5 Å². The lowest BCUT2D eigenvalue weighted by Crippen LogP contribution is -2.51. The van der Waals surface area contributed by atoms with Crippen molar-refractivity contribution in [3.8, 4) is 11.1 Å². The second kappa shape index (κ2) is 9.87. The lowest BCUT2D eigenvalue weighted by atomic mass is 9.96. The van der Waals surface area contributed by atoms with Gasteiger partial charge in [0.15, 0.2) is 0 Å². The molecule has 1 saturated heterocycles. The minimum atomic E-state index is -1.14. The van der Waals surface area contributed by atoms with Crippen molar-refractivity contribution < 1.29 is 24.2 Å². The Balaban J connectivity index is 1.31. The average molecular weight is 465 g/mol. The first-order chi connectivity index (χ1) is 16.3. The maximum absolute atomic E-state index is 12.8. The van der Waals surface area contributed by atoms with Crippen molar-refractivity contribution >= 4 is 18.0 Å². The van der Waals surface area contributed by atoms with Gasteiger partial charge in [0.25, 0.3) is 0 Å². The van der Waals surface area contributed by atoms with Crippen molar-refractivity contribution in [2.75, 3.05) is 19.7 Å². The molecule has 1 aliphatic heterocycles. The van der Waals surface area contributed by atoms with Gasteiger partial charge >= 0.3 is 12.1 Å². The number of aliphatic carboxylic acids is 1. The van der Waals surface area contributed by atoms with Gasteiger partial charge in [-0.3, -0.25) is 4.79 Å². The van der Waals surface area contributed by atoms with Gasteiger partial charge in [-0.2, -0.15) is 0 Å². The Labute approximate surface area is 200 Å². The molecule has 1 unspecified atom stereocenters. The van der Waals surface area contributed by atoms with E-state index in [2.05, 4.69) is 29.6 Å². The summed E-state index contributed by atoms with van der Waals surface area (Å²) >= 11 is 0. The van der Waals surface area contributed by atoms with Crippen LogP contribution in [0.4, 0.5) is 4.79 Å². The van der Waals surface area contributed by atoms with E-state index in [1.54, 1.807) is 6.92 Å². The van der Waals surface area contributed by atoms with Gasteiger partial charge in [0.2, 0.25) is 5.91 Å². The molecule has 0 saturated carbocycles. The van der Waals surface area contributed by atoms with Crippen LogP contribution in [0.2, 0.25) is 0 Å². The summed E-state index contributed by atoms with van der Waals surface area (Å²) in [6.45, 7) is 4.56. The number of ether oxygens (including phenoxy) is 1. The van der Waals surface area contributed by atoms with Crippen LogP contribution in [0.25, 0.3) is 11.1 Å². The molecule has 0 bridgehead atoms. The molecule has 0 aromatic heterocycles. The highest BCUT2D eigenvalue weighted by molar-refractivity contribution is 5.87. The molecule has 0 radical (unpaired) electrons. The van der Waals surface area contributed by atoms with Gasteiger partial charge in [0, 0.05) is 25.4 Å². The smallest absolute Gasteiger partial charge is 0.407 e. The number of nitrogens with zero attached hydrogens (tertiary/aromatic N) is 1. The van der Waals surface area contributed by atoms with E-state index in [1.807, 2.05) is 31.2 Å². The van der Waals surface area contributed by atoms with Gasteiger partial charge in [-0.25, -0.2) is 9.59 Å². The van der Waals surface area contributed by atoms with Crippen molar-refractivity contribution in [1.29, 1.82) is 0 Å². The number of carbonyl (C=O) groups excluding carboxylic acids is 2.